The summed E-state index contributed by atoms with van der Waals surface area (Å²) in [5.41, 5.74) is 2.36. The molecular weight excluding hydrogens is 332 g/mol. The molecule has 4 nitrogen and oxygen atoms in total. The molecule has 0 atom stereocenters. The number of para-hydroxylation sites is 1. The summed E-state index contributed by atoms with van der Waals surface area (Å²) in [6.07, 6.45) is 0. The fourth-order valence-electron chi connectivity index (χ4n) is 2.50. The van der Waals surface area contributed by atoms with E-state index in [1.807, 2.05) is 18.2 Å². The van der Waals surface area contributed by atoms with Crippen molar-refractivity contribution in [3.05, 3.63) is 40.9 Å². The third-order valence-corrected chi connectivity index (χ3v) is 3.92. The van der Waals surface area contributed by atoms with Crippen LogP contribution < -0.4 is 0 Å². The van der Waals surface area contributed by atoms with Crippen LogP contribution in [0, 0.1) is 0 Å². The summed E-state index contributed by atoms with van der Waals surface area (Å²) < 4.78 is 3.01. The summed E-state index contributed by atoms with van der Waals surface area (Å²) in [5.74, 6) is 0.358. The van der Waals surface area contributed by atoms with Gasteiger partial charge in [0.25, 0.3) is 0 Å². The zero-order valence-electron chi connectivity index (χ0n) is 11.7. The lowest BCUT2D eigenvalue weighted by atomic mass is 10.1. The summed E-state index contributed by atoms with van der Waals surface area (Å²) >= 11 is 3.45. The van der Waals surface area contributed by atoms with Gasteiger partial charge in [-0.15, -0.1) is 0 Å². The second-order valence-electron chi connectivity index (χ2n) is 5.21. The summed E-state index contributed by atoms with van der Waals surface area (Å²) in [5, 5.41) is 19.8. The topological polar surface area (TPSA) is 58.3 Å². The minimum Gasteiger partial charge on any atom is -0.504 e. The number of aromatic hydroxyl groups is 2. The van der Waals surface area contributed by atoms with Crippen LogP contribution in [0.1, 0.15) is 19.9 Å². The van der Waals surface area contributed by atoms with E-state index in [-0.39, 0.29) is 17.5 Å². The number of hydrogen-bond acceptors (Lipinski definition) is 3. The summed E-state index contributed by atoms with van der Waals surface area (Å²) in [7, 11) is 0. The van der Waals surface area contributed by atoms with Gasteiger partial charge in [0.2, 0.25) is 0 Å². The Labute approximate surface area is 130 Å². The maximum absolute atomic E-state index is 10.1. The minimum atomic E-state index is -0.145. The quantitative estimate of drug-likeness (QED) is 0.673. The molecule has 0 amide bonds. The fraction of sp³-hybridized carbons (Fsp3) is 0.188. The van der Waals surface area contributed by atoms with E-state index >= 15 is 0 Å². The number of fused-ring (bicyclic) bond motifs is 1. The molecule has 108 valence electrons. The number of nitrogens with zero attached hydrogens (tertiary/aromatic N) is 2. The van der Waals surface area contributed by atoms with Gasteiger partial charge in [-0.2, -0.15) is 0 Å². The number of benzene rings is 2. The normalized spacial score (nSPS) is 11.4. The third-order valence-electron chi connectivity index (χ3n) is 3.42. The van der Waals surface area contributed by atoms with Gasteiger partial charge in [0.05, 0.1) is 16.6 Å². The van der Waals surface area contributed by atoms with Crippen molar-refractivity contribution in [2.75, 3.05) is 0 Å². The molecule has 0 radical (unpaired) electrons. The highest BCUT2D eigenvalue weighted by Crippen LogP contribution is 2.38. The highest BCUT2D eigenvalue weighted by atomic mass is 79.9. The maximum atomic E-state index is 10.1. The summed E-state index contributed by atoms with van der Waals surface area (Å²) in [4.78, 5) is 4.63. The Kier molecular flexibility index (Phi) is 3.37. The van der Waals surface area contributed by atoms with E-state index in [1.54, 1.807) is 12.1 Å². The molecule has 0 spiro atoms. The average molecular weight is 347 g/mol. The van der Waals surface area contributed by atoms with Gasteiger partial charge in [0.15, 0.2) is 11.5 Å². The van der Waals surface area contributed by atoms with Crippen molar-refractivity contribution in [1.82, 2.24) is 9.55 Å². The van der Waals surface area contributed by atoms with Gasteiger partial charge in [-0.1, -0.05) is 22.0 Å². The van der Waals surface area contributed by atoms with Crippen LogP contribution in [0.4, 0.5) is 0 Å². The van der Waals surface area contributed by atoms with Crippen molar-refractivity contribution in [3.8, 4) is 22.9 Å². The van der Waals surface area contributed by atoms with Gasteiger partial charge in [0.1, 0.15) is 5.82 Å². The van der Waals surface area contributed by atoms with Crippen molar-refractivity contribution in [2.45, 2.75) is 19.9 Å². The molecule has 21 heavy (non-hydrogen) atoms. The van der Waals surface area contributed by atoms with Crippen molar-refractivity contribution < 1.29 is 10.2 Å². The average Bonchev–Trinajstić information content (AvgIpc) is 2.80. The molecule has 0 aliphatic carbocycles. The molecule has 0 saturated heterocycles. The van der Waals surface area contributed by atoms with E-state index in [2.05, 4.69) is 39.3 Å². The van der Waals surface area contributed by atoms with Gasteiger partial charge in [-0.25, -0.2) is 4.98 Å². The molecule has 0 fully saturated rings. The Bertz CT molecular complexity index is 825. The van der Waals surface area contributed by atoms with Crippen LogP contribution in [0.2, 0.25) is 0 Å². The SMILES string of the molecule is CC(C)n1c(-c2cccc(O)c2O)nc2cc(Br)ccc21. The molecule has 2 N–H and O–H groups in total. The number of imidazole rings is 1. The standard InChI is InChI=1S/C16H15BrN2O2/c1-9(2)19-13-7-6-10(17)8-12(13)18-16(19)11-4-3-5-14(20)15(11)21/h3-9,20-21H,1-2H3. The fourth-order valence-corrected chi connectivity index (χ4v) is 2.85. The van der Waals surface area contributed by atoms with E-state index in [0.29, 0.717) is 11.4 Å². The summed E-state index contributed by atoms with van der Waals surface area (Å²) in [6, 6.07) is 11.0. The Hall–Kier alpha value is -2.01. The second-order valence-corrected chi connectivity index (χ2v) is 6.12. The lowest BCUT2D eigenvalue weighted by Crippen LogP contribution is -2.03. The number of phenols is 2. The molecule has 0 aliphatic heterocycles. The number of phenolic OH excluding ortho intramolecular Hbond substituents is 2. The van der Waals surface area contributed by atoms with Crippen LogP contribution in [0.25, 0.3) is 22.4 Å². The van der Waals surface area contributed by atoms with E-state index in [4.69, 9.17) is 0 Å². The molecule has 1 aromatic heterocycles. The van der Waals surface area contributed by atoms with E-state index in [0.717, 1.165) is 15.5 Å². The highest BCUT2D eigenvalue weighted by molar-refractivity contribution is 9.10. The predicted octanol–water partition coefficient (Wildman–Crippen LogP) is 4.46. The lowest BCUT2D eigenvalue weighted by Gasteiger charge is -2.14. The van der Waals surface area contributed by atoms with Gasteiger partial charge in [-0.3, -0.25) is 0 Å². The van der Waals surface area contributed by atoms with Gasteiger partial charge >= 0.3 is 0 Å². The zero-order valence-corrected chi connectivity index (χ0v) is 13.3. The van der Waals surface area contributed by atoms with Crippen LogP contribution in [0.3, 0.4) is 0 Å². The molecular formula is C16H15BrN2O2. The molecule has 3 rings (SSSR count). The van der Waals surface area contributed by atoms with E-state index < -0.39 is 0 Å². The van der Waals surface area contributed by atoms with Crippen LogP contribution in [-0.2, 0) is 0 Å². The monoisotopic (exact) mass is 346 g/mol. The molecule has 0 saturated carbocycles. The molecule has 5 heteroatoms. The first-order valence-corrected chi connectivity index (χ1v) is 7.47. The highest BCUT2D eigenvalue weighted by Gasteiger charge is 2.18. The predicted molar refractivity (Wildman–Crippen MR) is 86.6 cm³/mol. The van der Waals surface area contributed by atoms with Crippen LogP contribution in [-0.4, -0.2) is 19.8 Å². The molecule has 0 unspecified atom stereocenters. The number of hydrogen-bond donors (Lipinski definition) is 2. The zero-order chi connectivity index (χ0) is 15.1. The third kappa shape index (κ3) is 2.27. The van der Waals surface area contributed by atoms with Crippen molar-refractivity contribution in [3.63, 3.8) is 0 Å². The van der Waals surface area contributed by atoms with Crippen molar-refractivity contribution in [1.29, 1.82) is 0 Å². The number of halogens is 1. The van der Waals surface area contributed by atoms with Gasteiger partial charge in [0, 0.05) is 10.5 Å². The smallest absolute Gasteiger partial charge is 0.168 e. The minimum absolute atomic E-state index is 0.143. The Morgan fingerprint density at radius 2 is 1.90 bits per heavy atom. The second kappa shape index (κ2) is 5.07. The number of aromatic nitrogens is 2. The summed E-state index contributed by atoms with van der Waals surface area (Å²) in [6.45, 7) is 4.12. The molecule has 0 bridgehead atoms. The molecule has 3 aromatic rings. The van der Waals surface area contributed by atoms with Crippen LogP contribution in [0.15, 0.2) is 40.9 Å². The maximum Gasteiger partial charge on any atom is 0.168 e. The van der Waals surface area contributed by atoms with Crippen molar-refractivity contribution >= 4 is 27.0 Å². The Morgan fingerprint density at radius 3 is 2.62 bits per heavy atom. The largest absolute Gasteiger partial charge is 0.504 e. The number of rotatable bonds is 2. The first-order chi connectivity index (χ1) is 9.99. The van der Waals surface area contributed by atoms with Gasteiger partial charge in [-0.05, 0) is 44.2 Å². The molecule has 0 aliphatic rings. The van der Waals surface area contributed by atoms with Crippen LogP contribution >= 0.6 is 15.9 Å². The Morgan fingerprint density at radius 1 is 1.14 bits per heavy atom. The van der Waals surface area contributed by atoms with E-state index in [1.165, 1.54) is 6.07 Å². The molecule has 1 heterocycles. The first kappa shape index (κ1) is 13.9. The lowest BCUT2D eigenvalue weighted by molar-refractivity contribution is 0.404. The first-order valence-electron chi connectivity index (χ1n) is 6.68. The molecule has 2 aromatic carbocycles. The van der Waals surface area contributed by atoms with Crippen LogP contribution in [0.5, 0.6) is 11.5 Å². The van der Waals surface area contributed by atoms with Crippen molar-refractivity contribution in [2.24, 2.45) is 0 Å². The van der Waals surface area contributed by atoms with Gasteiger partial charge < -0.3 is 14.8 Å². The Balaban J connectivity index is 2.36. The van der Waals surface area contributed by atoms with E-state index in [9.17, 15) is 10.2 Å².